The Morgan fingerprint density at radius 2 is 1.28 bits per heavy atom. The predicted molar refractivity (Wildman–Crippen MR) is 128 cm³/mol. The van der Waals surface area contributed by atoms with E-state index in [2.05, 4.69) is 0 Å². The molecule has 1 aliphatic carbocycles. The Morgan fingerprint density at radius 3 is 1.94 bits per heavy atom. The molecule has 0 N–H and O–H groups in total. The quantitative estimate of drug-likeness (QED) is 0.372. The van der Waals surface area contributed by atoms with Crippen LogP contribution in [0.15, 0.2) is 95.4 Å². The van der Waals surface area contributed by atoms with Crippen LogP contribution in [0.1, 0.15) is 11.1 Å². The van der Waals surface area contributed by atoms with Gasteiger partial charge in [0.2, 0.25) is 0 Å². The van der Waals surface area contributed by atoms with Gasteiger partial charge in [0.05, 0.1) is 11.1 Å². The maximum absolute atomic E-state index is 13.9. The molecule has 0 spiro atoms. The average molecular weight is 482 g/mol. The van der Waals surface area contributed by atoms with E-state index in [1.54, 1.807) is 36.4 Å². The Hall–Kier alpha value is -4.45. The molecule has 3 aliphatic rings. The van der Waals surface area contributed by atoms with Gasteiger partial charge in [0, 0.05) is 22.3 Å². The van der Waals surface area contributed by atoms with Gasteiger partial charge in [-0.15, -0.1) is 0 Å². The van der Waals surface area contributed by atoms with Crippen molar-refractivity contribution in [3.8, 4) is 11.3 Å². The van der Waals surface area contributed by atoms with Gasteiger partial charge >= 0.3 is 0 Å². The van der Waals surface area contributed by atoms with Gasteiger partial charge in [-0.1, -0.05) is 36.4 Å². The van der Waals surface area contributed by atoms with Crippen LogP contribution >= 0.6 is 0 Å². The minimum atomic E-state index is -0.483. The molecular formula is C30H17F3O3. The summed E-state index contributed by atoms with van der Waals surface area (Å²) in [6, 6.07) is 20.4. The highest BCUT2D eigenvalue weighted by Crippen LogP contribution is 2.44. The SMILES string of the molecule is Fc1cccc(C2=CC3C(=c4cc(-c5cccc(F)c5)oc4=C4C=C(c5cccc(F)c5)OC43)O2)c1. The molecule has 2 aliphatic heterocycles. The molecule has 0 saturated heterocycles. The second kappa shape index (κ2) is 7.78. The number of benzene rings is 3. The predicted octanol–water partition coefficient (Wildman–Crippen LogP) is 5.76. The molecule has 1 aromatic heterocycles. The molecule has 7 rings (SSSR count). The highest BCUT2D eigenvalue weighted by molar-refractivity contribution is 5.84. The van der Waals surface area contributed by atoms with Gasteiger partial charge in [-0.2, -0.15) is 0 Å². The molecule has 176 valence electrons. The lowest BCUT2D eigenvalue weighted by Gasteiger charge is -2.22. The van der Waals surface area contributed by atoms with E-state index in [4.69, 9.17) is 13.9 Å². The Labute approximate surface area is 203 Å². The standard InChI is InChI=1S/C30H17F3O3/c31-19-7-1-4-16(10-19)25-13-22-28(34-25)23-14-26(17-5-2-8-20(32)11-17)36-30(23)24-15-27(35-29(22)24)18-6-3-9-21(33)12-18/h1-15,22,29H. The molecule has 4 aromatic rings. The van der Waals surface area contributed by atoms with E-state index < -0.39 is 6.10 Å². The Bertz CT molecular complexity index is 1740. The zero-order valence-corrected chi connectivity index (χ0v) is 18.7. The molecule has 0 bridgehead atoms. The van der Waals surface area contributed by atoms with Crippen molar-refractivity contribution in [2.75, 3.05) is 0 Å². The number of ether oxygens (including phenoxy) is 2. The van der Waals surface area contributed by atoms with E-state index in [1.165, 1.54) is 36.4 Å². The van der Waals surface area contributed by atoms with Crippen LogP contribution in [0, 0.1) is 23.4 Å². The summed E-state index contributed by atoms with van der Waals surface area (Å²) in [6.45, 7) is 0. The van der Waals surface area contributed by atoms with Gasteiger partial charge in [-0.05, 0) is 54.6 Å². The fourth-order valence-electron chi connectivity index (χ4n) is 5.00. The molecule has 2 atom stereocenters. The number of hydrogen-bond acceptors (Lipinski definition) is 3. The van der Waals surface area contributed by atoms with Crippen LogP contribution in [0.3, 0.4) is 0 Å². The van der Waals surface area contributed by atoms with E-state index in [0.29, 0.717) is 50.4 Å². The van der Waals surface area contributed by atoms with Crippen molar-refractivity contribution in [3.63, 3.8) is 0 Å². The molecule has 6 heteroatoms. The first-order chi connectivity index (χ1) is 17.5. The first kappa shape index (κ1) is 20.9. The van der Waals surface area contributed by atoms with Gasteiger partial charge in [-0.25, -0.2) is 13.2 Å². The van der Waals surface area contributed by atoms with E-state index >= 15 is 0 Å². The molecule has 0 fully saturated rings. The second-order valence-electron chi connectivity index (χ2n) is 8.91. The second-order valence-corrected chi connectivity index (χ2v) is 8.91. The average Bonchev–Trinajstić information content (AvgIpc) is 3.60. The number of furan rings is 1. The lowest BCUT2D eigenvalue weighted by molar-refractivity contribution is 0.200. The van der Waals surface area contributed by atoms with Gasteiger partial charge in [0.15, 0.2) is 0 Å². The van der Waals surface area contributed by atoms with Crippen LogP contribution in [-0.2, 0) is 9.47 Å². The van der Waals surface area contributed by atoms with Crippen molar-refractivity contribution in [1.29, 1.82) is 0 Å². The third-order valence-electron chi connectivity index (χ3n) is 6.61. The molecule has 0 amide bonds. The summed E-state index contributed by atoms with van der Waals surface area (Å²) in [7, 11) is 0. The molecule has 3 aromatic carbocycles. The molecule has 3 nitrogen and oxygen atoms in total. The summed E-state index contributed by atoms with van der Waals surface area (Å²) in [4.78, 5) is 0. The van der Waals surface area contributed by atoms with Crippen LogP contribution in [0.4, 0.5) is 13.2 Å². The van der Waals surface area contributed by atoms with Gasteiger partial charge in [0.25, 0.3) is 0 Å². The highest BCUT2D eigenvalue weighted by Gasteiger charge is 2.43. The van der Waals surface area contributed by atoms with Gasteiger partial charge in [-0.3, -0.25) is 0 Å². The molecule has 3 heterocycles. The van der Waals surface area contributed by atoms with E-state index in [9.17, 15) is 13.2 Å². The fraction of sp³-hybridized carbons (Fsp3) is 0.0667. The fourth-order valence-corrected chi connectivity index (χ4v) is 5.00. The van der Waals surface area contributed by atoms with Gasteiger partial charge < -0.3 is 13.9 Å². The monoisotopic (exact) mass is 482 g/mol. The lowest BCUT2D eigenvalue weighted by atomic mass is 9.90. The minimum Gasteiger partial charge on any atom is -0.484 e. The number of hydrogen-bond donors (Lipinski definition) is 0. The van der Waals surface area contributed by atoms with Crippen molar-refractivity contribution in [3.05, 3.63) is 130 Å². The Morgan fingerprint density at radius 1 is 0.667 bits per heavy atom. The van der Waals surface area contributed by atoms with Crippen LogP contribution in [0.5, 0.6) is 0 Å². The molecule has 2 unspecified atom stereocenters. The third-order valence-corrected chi connectivity index (χ3v) is 6.61. The summed E-state index contributed by atoms with van der Waals surface area (Å²) in [5.74, 6) is 0.694. The summed E-state index contributed by atoms with van der Waals surface area (Å²) in [5.41, 5.74) is 3.12. The van der Waals surface area contributed by atoms with E-state index in [1.807, 2.05) is 18.2 Å². The number of halogens is 3. The van der Waals surface area contributed by atoms with Crippen molar-refractivity contribution < 1.29 is 27.1 Å². The van der Waals surface area contributed by atoms with Crippen molar-refractivity contribution in [2.45, 2.75) is 6.10 Å². The zero-order chi connectivity index (χ0) is 24.4. The maximum Gasteiger partial charge on any atom is 0.145 e. The highest BCUT2D eigenvalue weighted by atomic mass is 19.1. The van der Waals surface area contributed by atoms with Crippen LogP contribution < -0.4 is 10.6 Å². The minimum absolute atomic E-state index is 0.314. The van der Waals surface area contributed by atoms with E-state index in [-0.39, 0.29) is 23.4 Å². The molecule has 36 heavy (non-hydrogen) atoms. The normalized spacial score (nSPS) is 19.6. The van der Waals surface area contributed by atoms with Crippen LogP contribution in [0.25, 0.3) is 34.2 Å². The van der Waals surface area contributed by atoms with Crippen molar-refractivity contribution in [1.82, 2.24) is 0 Å². The summed E-state index contributed by atoms with van der Waals surface area (Å²) < 4.78 is 60.7. The van der Waals surface area contributed by atoms with E-state index in [0.717, 1.165) is 5.57 Å². The topological polar surface area (TPSA) is 31.6 Å². The lowest BCUT2D eigenvalue weighted by Crippen LogP contribution is -2.38. The first-order valence-electron chi connectivity index (χ1n) is 11.5. The molecular weight excluding hydrogens is 465 g/mol. The Balaban J connectivity index is 1.43. The maximum atomic E-state index is 13.9. The van der Waals surface area contributed by atoms with Gasteiger partial charge in [0.1, 0.15) is 52.0 Å². The van der Waals surface area contributed by atoms with Crippen LogP contribution in [0.2, 0.25) is 0 Å². The summed E-state index contributed by atoms with van der Waals surface area (Å²) in [6.07, 6.45) is 3.28. The smallest absolute Gasteiger partial charge is 0.145 e. The summed E-state index contributed by atoms with van der Waals surface area (Å²) >= 11 is 0. The zero-order valence-electron chi connectivity index (χ0n) is 18.7. The number of fused-ring (bicyclic) bond motifs is 4. The summed E-state index contributed by atoms with van der Waals surface area (Å²) in [5, 5.41) is 0.716. The first-order valence-corrected chi connectivity index (χ1v) is 11.5. The molecule has 0 radical (unpaired) electrons. The number of rotatable bonds is 3. The Kier molecular flexibility index (Phi) is 4.51. The largest absolute Gasteiger partial charge is 0.484 e. The van der Waals surface area contributed by atoms with Crippen molar-refractivity contribution in [2.24, 2.45) is 5.92 Å². The molecule has 0 saturated carbocycles. The van der Waals surface area contributed by atoms with Crippen molar-refractivity contribution >= 4 is 22.9 Å². The third kappa shape index (κ3) is 3.29. The van der Waals surface area contributed by atoms with Crippen LogP contribution in [-0.4, -0.2) is 6.10 Å².